The lowest BCUT2D eigenvalue weighted by Gasteiger charge is -2.09. The molecule has 5 heteroatoms. The molecule has 0 atom stereocenters. The SMILES string of the molecule is Nc1c(NCCF)ccc(F)c1Br. The molecule has 0 fully saturated rings. The van der Waals surface area contributed by atoms with E-state index in [-0.39, 0.29) is 16.7 Å². The quantitative estimate of drug-likeness (QED) is 0.810. The van der Waals surface area contributed by atoms with Crippen LogP contribution in [0, 0.1) is 5.82 Å². The second-order valence-electron chi connectivity index (χ2n) is 2.44. The molecule has 0 aliphatic carbocycles. The van der Waals surface area contributed by atoms with Gasteiger partial charge in [0.25, 0.3) is 0 Å². The molecule has 0 radical (unpaired) electrons. The van der Waals surface area contributed by atoms with Gasteiger partial charge in [0.15, 0.2) is 0 Å². The summed E-state index contributed by atoms with van der Waals surface area (Å²) in [5, 5.41) is 2.73. The molecule has 1 aromatic carbocycles. The first kappa shape index (κ1) is 10.2. The third kappa shape index (κ3) is 2.30. The van der Waals surface area contributed by atoms with E-state index in [1.165, 1.54) is 12.1 Å². The molecule has 1 aromatic rings. The Morgan fingerprint density at radius 3 is 2.77 bits per heavy atom. The summed E-state index contributed by atoms with van der Waals surface area (Å²) in [4.78, 5) is 0. The van der Waals surface area contributed by atoms with Crippen molar-refractivity contribution in [1.82, 2.24) is 0 Å². The molecule has 0 unspecified atom stereocenters. The predicted octanol–water partition coefficient (Wildman–Crippen LogP) is 2.55. The maximum absolute atomic E-state index is 12.9. The lowest BCUT2D eigenvalue weighted by molar-refractivity contribution is 0.513. The van der Waals surface area contributed by atoms with Gasteiger partial charge in [-0.05, 0) is 28.1 Å². The van der Waals surface area contributed by atoms with Crippen molar-refractivity contribution in [3.05, 3.63) is 22.4 Å². The standard InChI is InChI=1S/C8H9BrF2N2/c9-7-5(11)1-2-6(8(7)12)13-4-3-10/h1-2,13H,3-4,12H2. The summed E-state index contributed by atoms with van der Waals surface area (Å²) in [6, 6.07) is 2.74. The van der Waals surface area contributed by atoms with Gasteiger partial charge in [-0.2, -0.15) is 0 Å². The third-order valence-corrected chi connectivity index (χ3v) is 2.35. The summed E-state index contributed by atoms with van der Waals surface area (Å²) in [5.41, 5.74) is 6.34. The molecule has 0 aromatic heterocycles. The fourth-order valence-corrected chi connectivity index (χ4v) is 1.25. The zero-order valence-corrected chi connectivity index (χ0v) is 8.37. The van der Waals surface area contributed by atoms with Gasteiger partial charge in [-0.1, -0.05) is 0 Å². The zero-order valence-electron chi connectivity index (χ0n) is 6.78. The molecule has 3 N–H and O–H groups in total. The molecule has 0 saturated carbocycles. The fourth-order valence-electron chi connectivity index (χ4n) is 0.902. The summed E-state index contributed by atoms with van der Waals surface area (Å²) in [6.45, 7) is -0.323. The summed E-state index contributed by atoms with van der Waals surface area (Å²) < 4.78 is 24.9. The summed E-state index contributed by atoms with van der Waals surface area (Å²) in [6.07, 6.45) is 0. The molecule has 0 heterocycles. The Labute approximate surface area is 83.2 Å². The molecule has 2 nitrogen and oxygen atoms in total. The van der Waals surface area contributed by atoms with Gasteiger partial charge in [0, 0.05) is 6.54 Å². The first-order chi connectivity index (χ1) is 6.16. The van der Waals surface area contributed by atoms with Crippen molar-refractivity contribution in [2.24, 2.45) is 0 Å². The van der Waals surface area contributed by atoms with E-state index >= 15 is 0 Å². The van der Waals surface area contributed by atoms with E-state index in [1.807, 2.05) is 0 Å². The van der Waals surface area contributed by atoms with Crippen molar-refractivity contribution in [1.29, 1.82) is 0 Å². The third-order valence-electron chi connectivity index (χ3n) is 1.54. The smallest absolute Gasteiger partial charge is 0.139 e. The Balaban J connectivity index is 2.90. The van der Waals surface area contributed by atoms with Crippen LogP contribution in [0.2, 0.25) is 0 Å². The van der Waals surface area contributed by atoms with E-state index in [2.05, 4.69) is 21.2 Å². The highest BCUT2D eigenvalue weighted by Gasteiger charge is 2.07. The maximum atomic E-state index is 12.9. The minimum Gasteiger partial charge on any atom is -0.396 e. The molecule has 0 bridgehead atoms. The molecule has 13 heavy (non-hydrogen) atoms. The van der Waals surface area contributed by atoms with Gasteiger partial charge in [0.2, 0.25) is 0 Å². The van der Waals surface area contributed by atoms with E-state index < -0.39 is 12.5 Å². The molecular formula is C8H9BrF2N2. The van der Waals surface area contributed by atoms with Gasteiger partial charge in [0.05, 0.1) is 15.8 Å². The maximum Gasteiger partial charge on any atom is 0.139 e. The number of nitrogens with one attached hydrogen (secondary N) is 1. The number of benzene rings is 1. The fraction of sp³-hybridized carbons (Fsp3) is 0.250. The molecule has 0 aliphatic heterocycles. The van der Waals surface area contributed by atoms with Crippen molar-refractivity contribution >= 4 is 27.3 Å². The van der Waals surface area contributed by atoms with Crippen LogP contribution in [-0.2, 0) is 0 Å². The van der Waals surface area contributed by atoms with Gasteiger partial charge < -0.3 is 11.1 Å². The molecule has 0 saturated heterocycles. The Morgan fingerprint density at radius 2 is 2.15 bits per heavy atom. The second-order valence-corrected chi connectivity index (χ2v) is 3.23. The van der Waals surface area contributed by atoms with Crippen LogP contribution in [0.15, 0.2) is 16.6 Å². The lowest BCUT2D eigenvalue weighted by Crippen LogP contribution is -2.06. The molecule has 0 amide bonds. The van der Waals surface area contributed by atoms with Crippen LogP contribution in [0.1, 0.15) is 0 Å². The van der Waals surface area contributed by atoms with Crippen molar-refractivity contribution in [3.63, 3.8) is 0 Å². The number of halogens is 3. The first-order valence-corrected chi connectivity index (χ1v) is 4.49. The molecule has 0 spiro atoms. The average molecular weight is 251 g/mol. The average Bonchev–Trinajstić information content (AvgIpc) is 2.13. The van der Waals surface area contributed by atoms with Gasteiger partial charge in [-0.15, -0.1) is 0 Å². The molecule has 72 valence electrons. The van der Waals surface area contributed by atoms with E-state index in [9.17, 15) is 8.78 Å². The van der Waals surface area contributed by atoms with Gasteiger partial charge in [0.1, 0.15) is 12.5 Å². The minimum atomic E-state index is -0.492. The van der Waals surface area contributed by atoms with Crippen LogP contribution in [-0.4, -0.2) is 13.2 Å². The van der Waals surface area contributed by atoms with E-state index in [1.54, 1.807) is 0 Å². The Bertz CT molecular complexity index is 304. The van der Waals surface area contributed by atoms with Crippen LogP contribution in [0.5, 0.6) is 0 Å². The number of alkyl halides is 1. The van der Waals surface area contributed by atoms with Crippen molar-refractivity contribution in [2.75, 3.05) is 24.3 Å². The predicted molar refractivity (Wildman–Crippen MR) is 53.0 cm³/mol. The highest BCUT2D eigenvalue weighted by Crippen LogP contribution is 2.29. The Morgan fingerprint density at radius 1 is 1.46 bits per heavy atom. The van der Waals surface area contributed by atoms with E-state index in [0.29, 0.717) is 5.69 Å². The molecular weight excluding hydrogens is 242 g/mol. The Hall–Kier alpha value is -0.840. The van der Waals surface area contributed by atoms with Gasteiger partial charge >= 0.3 is 0 Å². The van der Waals surface area contributed by atoms with Crippen LogP contribution >= 0.6 is 15.9 Å². The van der Waals surface area contributed by atoms with E-state index in [4.69, 9.17) is 5.73 Å². The molecule has 1 rings (SSSR count). The van der Waals surface area contributed by atoms with Gasteiger partial charge in [-0.3, -0.25) is 0 Å². The highest BCUT2D eigenvalue weighted by molar-refractivity contribution is 9.10. The molecule has 0 aliphatic rings. The zero-order chi connectivity index (χ0) is 9.84. The van der Waals surface area contributed by atoms with E-state index in [0.717, 1.165) is 0 Å². The van der Waals surface area contributed by atoms with Crippen molar-refractivity contribution < 1.29 is 8.78 Å². The number of anilines is 2. The monoisotopic (exact) mass is 250 g/mol. The normalized spacial score (nSPS) is 10.1. The highest BCUT2D eigenvalue weighted by atomic mass is 79.9. The van der Waals surface area contributed by atoms with Crippen LogP contribution in [0.4, 0.5) is 20.2 Å². The number of hydrogen-bond donors (Lipinski definition) is 2. The largest absolute Gasteiger partial charge is 0.396 e. The second kappa shape index (κ2) is 4.41. The number of rotatable bonds is 3. The summed E-state index contributed by atoms with van der Waals surface area (Å²) in [5.74, 6) is -0.428. The Kier molecular flexibility index (Phi) is 3.48. The first-order valence-electron chi connectivity index (χ1n) is 3.70. The summed E-state index contributed by atoms with van der Waals surface area (Å²) >= 11 is 2.99. The minimum absolute atomic E-state index is 0.169. The number of hydrogen-bond acceptors (Lipinski definition) is 2. The lowest BCUT2D eigenvalue weighted by atomic mass is 10.2. The van der Waals surface area contributed by atoms with Gasteiger partial charge in [-0.25, -0.2) is 8.78 Å². The number of nitrogen functional groups attached to an aromatic ring is 1. The topological polar surface area (TPSA) is 38.0 Å². The number of nitrogens with two attached hydrogens (primary N) is 1. The summed E-state index contributed by atoms with van der Waals surface area (Å²) in [7, 11) is 0. The van der Waals surface area contributed by atoms with Crippen LogP contribution in [0.25, 0.3) is 0 Å². The van der Waals surface area contributed by atoms with Crippen molar-refractivity contribution in [3.8, 4) is 0 Å². The van der Waals surface area contributed by atoms with Crippen LogP contribution < -0.4 is 11.1 Å². The van der Waals surface area contributed by atoms with Crippen LogP contribution in [0.3, 0.4) is 0 Å². The van der Waals surface area contributed by atoms with Crippen molar-refractivity contribution in [2.45, 2.75) is 0 Å².